The van der Waals surface area contributed by atoms with Crippen molar-refractivity contribution in [3.05, 3.63) is 18.1 Å². The van der Waals surface area contributed by atoms with Gasteiger partial charge in [0.15, 0.2) is 0 Å². The molecule has 6 N–H and O–H groups in total. The number of aromatic nitrogens is 3. The Kier molecular flexibility index (Phi) is 6.27. The fraction of sp³-hybridized carbons (Fsp3) is 0.538. The number of aliphatic hydroxyl groups excluding tert-OH is 2. The summed E-state index contributed by atoms with van der Waals surface area (Å²) in [6, 6.07) is 1.33. The molecule has 0 radical (unpaired) electrons. The van der Waals surface area contributed by atoms with Crippen molar-refractivity contribution in [2.45, 2.75) is 18.9 Å². The maximum Gasteiger partial charge on any atom is 0.350 e. The molecule has 24 heavy (non-hydrogen) atoms. The van der Waals surface area contributed by atoms with E-state index < -0.39 is 20.0 Å². The first-order valence-electron chi connectivity index (χ1n) is 7.31. The van der Waals surface area contributed by atoms with Gasteiger partial charge in [0, 0.05) is 25.3 Å². The molecule has 11 heteroatoms. The van der Waals surface area contributed by atoms with E-state index in [1.807, 2.05) is 0 Å². The standard InChI is InChI=1S/C13H21N4O6P/c14-12-11-5-9(1-3-18)17(13(11)16-7-15-12)10(6-19)2-4-23-8-24(20,21)22/h5,7,10,18-19H,1-4,6,8H2,(H2,14,15,16)(H2,20,21,22). The molecule has 0 fully saturated rings. The van der Waals surface area contributed by atoms with Crippen LogP contribution in [0.5, 0.6) is 0 Å². The number of aliphatic hydroxyl groups is 2. The second-order valence-corrected chi connectivity index (χ2v) is 6.89. The van der Waals surface area contributed by atoms with E-state index in [1.165, 1.54) is 6.33 Å². The topological polar surface area (TPSA) is 164 Å². The predicted octanol–water partition coefficient (Wildman–Crippen LogP) is -0.376. The largest absolute Gasteiger partial charge is 0.396 e. The number of nitrogens with zero attached hydrogens (tertiary/aromatic N) is 3. The molecule has 0 saturated carbocycles. The summed E-state index contributed by atoms with van der Waals surface area (Å²) in [5.74, 6) is 0.298. The average Bonchev–Trinajstić information content (AvgIpc) is 2.87. The van der Waals surface area contributed by atoms with Crippen molar-refractivity contribution >= 4 is 24.4 Å². The first-order valence-corrected chi connectivity index (χ1v) is 9.11. The Labute approximate surface area is 138 Å². The fourth-order valence-corrected chi connectivity index (χ4v) is 2.89. The Morgan fingerprint density at radius 1 is 1.33 bits per heavy atom. The van der Waals surface area contributed by atoms with Gasteiger partial charge in [0.25, 0.3) is 0 Å². The number of nitrogens with two attached hydrogens (primary N) is 1. The van der Waals surface area contributed by atoms with Gasteiger partial charge in [0.1, 0.15) is 24.1 Å². The molecule has 134 valence electrons. The molecule has 10 nitrogen and oxygen atoms in total. The van der Waals surface area contributed by atoms with E-state index in [2.05, 4.69) is 9.97 Å². The first kappa shape index (κ1) is 18.8. The van der Waals surface area contributed by atoms with E-state index in [4.69, 9.17) is 20.3 Å². The molecule has 2 aromatic rings. The third kappa shape index (κ3) is 4.50. The Morgan fingerprint density at radius 3 is 2.71 bits per heavy atom. The van der Waals surface area contributed by atoms with Gasteiger partial charge in [-0.15, -0.1) is 0 Å². The Balaban J connectivity index is 2.24. The highest BCUT2D eigenvalue weighted by molar-refractivity contribution is 7.51. The van der Waals surface area contributed by atoms with Crippen LogP contribution < -0.4 is 5.73 Å². The van der Waals surface area contributed by atoms with Crippen LogP contribution in [-0.2, 0) is 15.7 Å². The predicted molar refractivity (Wildman–Crippen MR) is 86.3 cm³/mol. The highest BCUT2D eigenvalue weighted by Gasteiger charge is 2.20. The molecule has 0 saturated heterocycles. The molecule has 0 bridgehead atoms. The van der Waals surface area contributed by atoms with E-state index in [-0.39, 0.29) is 19.8 Å². The Morgan fingerprint density at radius 2 is 2.08 bits per heavy atom. The number of rotatable bonds is 9. The van der Waals surface area contributed by atoms with Crippen LogP contribution >= 0.6 is 7.60 Å². The summed E-state index contributed by atoms with van der Waals surface area (Å²) in [4.78, 5) is 25.7. The lowest BCUT2D eigenvalue weighted by molar-refractivity contribution is 0.126. The molecular weight excluding hydrogens is 339 g/mol. The lowest BCUT2D eigenvalue weighted by Crippen LogP contribution is -2.19. The van der Waals surface area contributed by atoms with Crippen LogP contribution in [0.15, 0.2) is 12.4 Å². The Bertz CT molecular complexity index is 731. The summed E-state index contributed by atoms with van der Waals surface area (Å²) in [6.45, 7) is -0.267. The molecule has 0 aromatic carbocycles. The zero-order valence-electron chi connectivity index (χ0n) is 12.9. The maximum atomic E-state index is 10.8. The molecule has 1 unspecified atom stereocenters. The number of anilines is 1. The van der Waals surface area contributed by atoms with Crippen molar-refractivity contribution in [3.63, 3.8) is 0 Å². The molecule has 2 rings (SSSR count). The minimum absolute atomic E-state index is 0.0507. The summed E-state index contributed by atoms with van der Waals surface area (Å²) < 4.78 is 17.5. The molecule has 2 aromatic heterocycles. The monoisotopic (exact) mass is 360 g/mol. The van der Waals surface area contributed by atoms with Gasteiger partial charge in [-0.2, -0.15) is 0 Å². The zero-order chi connectivity index (χ0) is 17.7. The number of hydrogen-bond acceptors (Lipinski definition) is 7. The lowest BCUT2D eigenvalue weighted by Gasteiger charge is -2.20. The van der Waals surface area contributed by atoms with Crippen LogP contribution in [0.3, 0.4) is 0 Å². The highest BCUT2D eigenvalue weighted by Crippen LogP contribution is 2.34. The highest BCUT2D eigenvalue weighted by atomic mass is 31.2. The molecule has 0 aliphatic carbocycles. The molecule has 0 aliphatic heterocycles. The zero-order valence-corrected chi connectivity index (χ0v) is 13.8. The van der Waals surface area contributed by atoms with Gasteiger partial charge in [-0.25, -0.2) is 9.97 Å². The van der Waals surface area contributed by atoms with Crippen molar-refractivity contribution in [2.75, 3.05) is 31.9 Å². The van der Waals surface area contributed by atoms with E-state index in [0.29, 0.717) is 29.7 Å². The molecule has 2 heterocycles. The van der Waals surface area contributed by atoms with Crippen molar-refractivity contribution in [3.8, 4) is 0 Å². The summed E-state index contributed by atoms with van der Waals surface area (Å²) in [5.41, 5.74) is 7.10. The van der Waals surface area contributed by atoms with Gasteiger partial charge >= 0.3 is 7.60 Å². The van der Waals surface area contributed by atoms with Gasteiger partial charge in [0.2, 0.25) is 0 Å². The molecule has 0 spiro atoms. The Hall–Kier alpha value is -1.55. The summed E-state index contributed by atoms with van der Waals surface area (Å²) in [6.07, 6.45) is 1.30. The van der Waals surface area contributed by atoms with Crippen LogP contribution in [0.2, 0.25) is 0 Å². The van der Waals surface area contributed by atoms with E-state index >= 15 is 0 Å². The minimum atomic E-state index is -4.22. The summed E-state index contributed by atoms with van der Waals surface area (Å²) >= 11 is 0. The van der Waals surface area contributed by atoms with Crippen molar-refractivity contribution in [1.82, 2.24) is 14.5 Å². The SMILES string of the molecule is Nc1ncnc2c1cc(CCO)n2C(CO)CCOCP(=O)(O)O. The quantitative estimate of drug-likeness (QED) is 0.296. The van der Waals surface area contributed by atoms with E-state index in [9.17, 15) is 14.8 Å². The second kappa shape index (κ2) is 8.02. The molecular formula is C13H21N4O6P. The van der Waals surface area contributed by atoms with E-state index in [0.717, 1.165) is 5.69 Å². The average molecular weight is 360 g/mol. The van der Waals surface area contributed by atoms with Crippen LogP contribution in [0.25, 0.3) is 11.0 Å². The normalized spacial score (nSPS) is 13.5. The van der Waals surface area contributed by atoms with Crippen molar-refractivity contribution in [2.24, 2.45) is 0 Å². The van der Waals surface area contributed by atoms with Crippen molar-refractivity contribution in [1.29, 1.82) is 0 Å². The smallest absolute Gasteiger partial charge is 0.350 e. The van der Waals surface area contributed by atoms with Crippen LogP contribution in [0.1, 0.15) is 18.2 Å². The van der Waals surface area contributed by atoms with Gasteiger partial charge in [-0.05, 0) is 12.5 Å². The van der Waals surface area contributed by atoms with Gasteiger partial charge < -0.3 is 35.0 Å². The molecule has 0 amide bonds. The van der Waals surface area contributed by atoms with Gasteiger partial charge in [-0.3, -0.25) is 4.57 Å². The maximum absolute atomic E-state index is 10.8. The molecule has 1 atom stereocenters. The van der Waals surface area contributed by atoms with Crippen LogP contribution in [0.4, 0.5) is 5.82 Å². The number of ether oxygens (including phenoxy) is 1. The van der Waals surface area contributed by atoms with E-state index in [1.54, 1.807) is 10.6 Å². The third-order valence-electron chi connectivity index (χ3n) is 3.54. The van der Waals surface area contributed by atoms with Crippen molar-refractivity contribution < 1.29 is 29.3 Å². The minimum Gasteiger partial charge on any atom is -0.396 e. The fourth-order valence-electron chi connectivity index (χ4n) is 2.52. The van der Waals surface area contributed by atoms with Gasteiger partial charge in [-0.1, -0.05) is 0 Å². The summed E-state index contributed by atoms with van der Waals surface area (Å²) in [5, 5.41) is 19.6. The number of fused-ring (bicyclic) bond motifs is 1. The molecule has 0 aliphatic rings. The lowest BCUT2D eigenvalue weighted by atomic mass is 10.2. The van der Waals surface area contributed by atoms with Gasteiger partial charge in [0.05, 0.1) is 18.0 Å². The first-order chi connectivity index (χ1) is 11.4. The second-order valence-electron chi connectivity index (χ2n) is 5.30. The number of nitrogen functional groups attached to an aromatic ring is 1. The summed E-state index contributed by atoms with van der Waals surface area (Å²) in [7, 11) is -4.22. The van der Waals surface area contributed by atoms with Crippen LogP contribution in [0, 0.1) is 0 Å². The third-order valence-corrected chi connectivity index (χ3v) is 4.06. The van der Waals surface area contributed by atoms with Crippen LogP contribution in [-0.4, -0.2) is 60.7 Å². The number of hydrogen-bond donors (Lipinski definition) is 5.